The summed E-state index contributed by atoms with van der Waals surface area (Å²) in [6.45, 7) is 6.45. The largest absolute Gasteiger partial charge is 0.378 e. The van der Waals surface area contributed by atoms with Gasteiger partial charge in [0.05, 0.1) is 30.6 Å². The number of anilines is 4. The van der Waals surface area contributed by atoms with Gasteiger partial charge in [-0.3, -0.25) is 4.79 Å². The van der Waals surface area contributed by atoms with Gasteiger partial charge in [0.25, 0.3) is 0 Å². The van der Waals surface area contributed by atoms with Crippen LogP contribution in [-0.4, -0.2) is 47.2 Å². The molecule has 8 nitrogen and oxygen atoms in total. The standard InChI is InChI=1S/C26H23FN6O2/c1-2-23(34)30-19-5-3-4-17(14-19)24-21(27)8-6-18-15-29-26(32-25(18)24)31-20-7-9-22(28-16-20)33-10-12-35-13-11-33/h2-9,14-16H,1,10-13H2,(H,30,34)(H,29,31,32). The molecular weight excluding hydrogens is 447 g/mol. The van der Waals surface area contributed by atoms with Crippen molar-refractivity contribution in [2.45, 2.75) is 0 Å². The number of fused-ring (bicyclic) bond motifs is 1. The Morgan fingerprint density at radius 3 is 2.69 bits per heavy atom. The molecule has 3 heterocycles. The van der Waals surface area contributed by atoms with Crippen molar-refractivity contribution in [3.05, 3.63) is 79.4 Å². The number of morpholine rings is 1. The molecule has 2 aromatic carbocycles. The van der Waals surface area contributed by atoms with E-state index in [4.69, 9.17) is 4.74 Å². The number of hydrogen-bond donors (Lipinski definition) is 2. The van der Waals surface area contributed by atoms with Crippen molar-refractivity contribution >= 4 is 40.0 Å². The van der Waals surface area contributed by atoms with E-state index in [2.05, 4.69) is 37.1 Å². The van der Waals surface area contributed by atoms with Crippen LogP contribution in [0.1, 0.15) is 0 Å². The Morgan fingerprint density at radius 2 is 1.91 bits per heavy atom. The fraction of sp³-hybridized carbons (Fsp3) is 0.154. The van der Waals surface area contributed by atoms with E-state index in [1.807, 2.05) is 12.1 Å². The highest BCUT2D eigenvalue weighted by molar-refractivity contribution is 6.00. The van der Waals surface area contributed by atoms with Gasteiger partial charge in [0.15, 0.2) is 0 Å². The Kier molecular flexibility index (Phi) is 6.32. The fourth-order valence-electron chi connectivity index (χ4n) is 3.92. The van der Waals surface area contributed by atoms with Gasteiger partial charge in [0.1, 0.15) is 11.6 Å². The average Bonchev–Trinajstić information content (AvgIpc) is 2.89. The number of aromatic nitrogens is 3. The van der Waals surface area contributed by atoms with Crippen molar-refractivity contribution in [1.82, 2.24) is 15.0 Å². The number of benzene rings is 2. The summed E-state index contributed by atoms with van der Waals surface area (Å²) in [7, 11) is 0. The maximum absolute atomic E-state index is 15.0. The average molecular weight is 471 g/mol. The van der Waals surface area contributed by atoms with E-state index in [9.17, 15) is 4.79 Å². The first-order chi connectivity index (χ1) is 17.1. The molecule has 1 aliphatic heterocycles. The van der Waals surface area contributed by atoms with Crippen LogP contribution in [-0.2, 0) is 9.53 Å². The Morgan fingerprint density at radius 1 is 1.06 bits per heavy atom. The Labute approximate surface area is 201 Å². The summed E-state index contributed by atoms with van der Waals surface area (Å²) < 4.78 is 20.4. The van der Waals surface area contributed by atoms with Gasteiger partial charge < -0.3 is 20.3 Å². The van der Waals surface area contributed by atoms with Crippen LogP contribution < -0.4 is 15.5 Å². The minimum absolute atomic E-state index is 0.321. The number of carbonyl (C=O) groups is 1. The molecule has 0 radical (unpaired) electrons. The summed E-state index contributed by atoms with van der Waals surface area (Å²) >= 11 is 0. The summed E-state index contributed by atoms with van der Waals surface area (Å²) in [4.78, 5) is 27.4. The van der Waals surface area contributed by atoms with Gasteiger partial charge in [-0.1, -0.05) is 18.7 Å². The van der Waals surface area contributed by atoms with Gasteiger partial charge in [-0.25, -0.2) is 19.3 Å². The number of pyridine rings is 1. The zero-order valence-corrected chi connectivity index (χ0v) is 18.9. The summed E-state index contributed by atoms with van der Waals surface area (Å²) in [5.41, 5.74) is 2.60. The second-order valence-corrected chi connectivity index (χ2v) is 7.96. The van der Waals surface area contributed by atoms with Crippen LogP contribution in [0, 0.1) is 5.82 Å². The number of rotatable bonds is 6. The van der Waals surface area contributed by atoms with Crippen molar-refractivity contribution in [1.29, 1.82) is 0 Å². The maximum atomic E-state index is 15.0. The van der Waals surface area contributed by atoms with Gasteiger partial charge in [0.2, 0.25) is 11.9 Å². The lowest BCUT2D eigenvalue weighted by Crippen LogP contribution is -2.36. The maximum Gasteiger partial charge on any atom is 0.247 e. The van der Waals surface area contributed by atoms with Crippen molar-refractivity contribution in [3.8, 4) is 11.1 Å². The van der Waals surface area contributed by atoms with Crippen molar-refractivity contribution in [3.63, 3.8) is 0 Å². The van der Waals surface area contributed by atoms with Gasteiger partial charge in [-0.05, 0) is 48.0 Å². The lowest BCUT2D eigenvalue weighted by atomic mass is 10.0. The predicted molar refractivity (Wildman–Crippen MR) is 134 cm³/mol. The SMILES string of the molecule is C=CC(=O)Nc1cccc(-c2c(F)ccc3cnc(Nc4ccc(N5CCOCC5)nc4)nc23)c1. The van der Waals surface area contributed by atoms with Crippen LogP contribution in [0.5, 0.6) is 0 Å². The van der Waals surface area contributed by atoms with E-state index >= 15 is 4.39 Å². The Balaban J connectivity index is 1.45. The second kappa shape index (κ2) is 9.86. The lowest BCUT2D eigenvalue weighted by Gasteiger charge is -2.27. The smallest absolute Gasteiger partial charge is 0.247 e. The molecule has 2 aromatic heterocycles. The molecule has 9 heteroatoms. The third-order valence-corrected chi connectivity index (χ3v) is 5.65. The van der Waals surface area contributed by atoms with Crippen LogP contribution in [0.4, 0.5) is 27.5 Å². The van der Waals surface area contributed by atoms with Crippen molar-refractivity contribution in [2.75, 3.05) is 41.8 Å². The van der Waals surface area contributed by atoms with E-state index in [0.29, 0.717) is 52.6 Å². The van der Waals surface area contributed by atoms with E-state index in [-0.39, 0.29) is 5.91 Å². The molecule has 2 N–H and O–H groups in total. The van der Waals surface area contributed by atoms with E-state index in [1.54, 1.807) is 42.7 Å². The molecular formula is C26H23FN6O2. The van der Waals surface area contributed by atoms with Gasteiger partial charge >= 0.3 is 0 Å². The highest BCUT2D eigenvalue weighted by atomic mass is 19.1. The molecule has 1 amide bonds. The molecule has 5 rings (SSSR count). The van der Waals surface area contributed by atoms with Gasteiger partial charge in [-0.15, -0.1) is 0 Å². The molecule has 1 aliphatic rings. The molecule has 35 heavy (non-hydrogen) atoms. The van der Waals surface area contributed by atoms with Crippen LogP contribution in [0.2, 0.25) is 0 Å². The van der Waals surface area contributed by atoms with Crippen LogP contribution in [0.25, 0.3) is 22.0 Å². The minimum atomic E-state index is -0.425. The monoisotopic (exact) mass is 470 g/mol. The van der Waals surface area contributed by atoms with Crippen LogP contribution in [0.15, 0.2) is 73.6 Å². The summed E-state index contributed by atoms with van der Waals surface area (Å²) in [5.74, 6) is 0.431. The predicted octanol–water partition coefficient (Wildman–Crippen LogP) is 4.54. The Bertz CT molecular complexity index is 1390. The molecule has 176 valence electrons. The quantitative estimate of drug-likeness (QED) is 0.400. The number of carbonyl (C=O) groups excluding carboxylic acids is 1. The second-order valence-electron chi connectivity index (χ2n) is 7.96. The number of halogens is 1. The fourth-order valence-corrected chi connectivity index (χ4v) is 3.92. The van der Waals surface area contributed by atoms with Gasteiger partial charge in [0, 0.05) is 35.9 Å². The zero-order chi connectivity index (χ0) is 24.2. The normalized spacial score (nSPS) is 13.5. The van der Waals surface area contributed by atoms with Crippen LogP contribution >= 0.6 is 0 Å². The van der Waals surface area contributed by atoms with Crippen LogP contribution in [0.3, 0.4) is 0 Å². The molecule has 0 atom stereocenters. The summed E-state index contributed by atoms with van der Waals surface area (Å²) in [6.07, 6.45) is 4.54. The first-order valence-electron chi connectivity index (χ1n) is 11.2. The highest BCUT2D eigenvalue weighted by Crippen LogP contribution is 2.32. The first kappa shape index (κ1) is 22.4. The summed E-state index contributed by atoms with van der Waals surface area (Å²) in [6, 6.07) is 13.8. The van der Waals surface area contributed by atoms with Crippen molar-refractivity contribution in [2.24, 2.45) is 0 Å². The summed E-state index contributed by atoms with van der Waals surface area (Å²) in [5, 5.41) is 6.54. The molecule has 0 unspecified atom stereocenters. The lowest BCUT2D eigenvalue weighted by molar-refractivity contribution is -0.111. The molecule has 4 aromatic rings. The van der Waals surface area contributed by atoms with Crippen molar-refractivity contribution < 1.29 is 13.9 Å². The number of amides is 1. The number of nitrogens with zero attached hydrogens (tertiary/aromatic N) is 4. The molecule has 0 spiro atoms. The molecule has 0 aliphatic carbocycles. The van der Waals surface area contributed by atoms with Gasteiger partial charge in [-0.2, -0.15) is 0 Å². The zero-order valence-electron chi connectivity index (χ0n) is 18.9. The van der Waals surface area contributed by atoms with E-state index < -0.39 is 5.82 Å². The van der Waals surface area contributed by atoms with E-state index in [1.165, 1.54) is 12.1 Å². The third-order valence-electron chi connectivity index (χ3n) is 5.65. The first-order valence-corrected chi connectivity index (χ1v) is 11.2. The molecule has 1 saturated heterocycles. The molecule has 0 bridgehead atoms. The minimum Gasteiger partial charge on any atom is -0.378 e. The molecule has 0 saturated carbocycles. The number of hydrogen-bond acceptors (Lipinski definition) is 7. The Hall–Kier alpha value is -4.37. The van der Waals surface area contributed by atoms with E-state index in [0.717, 1.165) is 18.9 Å². The molecule has 1 fully saturated rings. The third kappa shape index (κ3) is 4.95. The number of ether oxygens (including phenoxy) is 1. The topological polar surface area (TPSA) is 92.3 Å². The highest BCUT2D eigenvalue weighted by Gasteiger charge is 2.15. The number of nitrogens with one attached hydrogen (secondary N) is 2.